The molecule has 0 saturated carbocycles. The highest BCUT2D eigenvalue weighted by Gasteiger charge is 2.16. The van der Waals surface area contributed by atoms with E-state index in [4.69, 9.17) is 14.2 Å². The van der Waals surface area contributed by atoms with Crippen LogP contribution in [0.5, 0.6) is 0 Å². The monoisotopic (exact) mass is 286 g/mol. The first-order valence-corrected chi connectivity index (χ1v) is 6.42. The Morgan fingerprint density at radius 3 is 2.45 bits per heavy atom. The Bertz CT molecular complexity index is 440. The molecule has 0 spiro atoms. The minimum absolute atomic E-state index is 0.124. The number of hydrogen-bond donors (Lipinski definition) is 0. The molecule has 0 atom stereocenters. The third kappa shape index (κ3) is 4.90. The van der Waals surface area contributed by atoms with Crippen LogP contribution in [0, 0.1) is 0 Å². The highest BCUT2D eigenvalue weighted by Crippen LogP contribution is 2.29. The molecule has 0 aliphatic rings. The molecule has 1 aromatic carbocycles. The Morgan fingerprint density at radius 1 is 1.15 bits per heavy atom. The van der Waals surface area contributed by atoms with E-state index in [1.807, 2.05) is 26.0 Å². The second-order valence-electron chi connectivity index (χ2n) is 4.49. The molecule has 0 saturated heterocycles. The molecule has 1 aromatic rings. The van der Waals surface area contributed by atoms with Crippen LogP contribution < -0.4 is 0 Å². The molecule has 0 N–H and O–H groups in total. The van der Waals surface area contributed by atoms with Crippen molar-refractivity contribution in [1.29, 1.82) is 0 Å². The summed E-state index contributed by atoms with van der Waals surface area (Å²) < 4.78 is 41.1. The Labute approximate surface area is 118 Å². The lowest BCUT2D eigenvalue weighted by atomic mass is 9.96. The molecule has 1 rings (SSSR count). The minimum atomic E-state index is -1.85. The molecule has 5 heteroatoms. The number of benzene rings is 1. The second kappa shape index (κ2) is 8.66. The summed E-state index contributed by atoms with van der Waals surface area (Å²) in [5, 5.41) is 0. The lowest BCUT2D eigenvalue weighted by Gasteiger charge is -2.15. The van der Waals surface area contributed by atoms with Crippen molar-refractivity contribution in [2.24, 2.45) is 0 Å². The van der Waals surface area contributed by atoms with Crippen LogP contribution in [0.25, 0.3) is 5.76 Å². The smallest absolute Gasteiger partial charge is 0.312 e. The molecule has 3 nitrogen and oxygen atoms in total. The second-order valence-corrected chi connectivity index (χ2v) is 4.49. The van der Waals surface area contributed by atoms with Crippen LogP contribution in [0.2, 0.25) is 0 Å². The molecule has 0 amide bonds. The number of hydrogen-bond acceptors (Lipinski definition) is 3. The maximum atomic E-state index is 13.1. The summed E-state index contributed by atoms with van der Waals surface area (Å²) in [6, 6.07) is 6.97. The van der Waals surface area contributed by atoms with E-state index in [0.29, 0.717) is 18.8 Å². The minimum Gasteiger partial charge on any atom is -0.461 e. The largest absolute Gasteiger partial charge is 0.461 e. The van der Waals surface area contributed by atoms with Crippen LogP contribution in [0.15, 0.2) is 30.3 Å². The van der Waals surface area contributed by atoms with Gasteiger partial charge in [-0.2, -0.15) is 8.78 Å². The zero-order valence-electron chi connectivity index (χ0n) is 12.0. The van der Waals surface area contributed by atoms with Gasteiger partial charge in [0.1, 0.15) is 0 Å². The van der Waals surface area contributed by atoms with Crippen molar-refractivity contribution in [2.45, 2.75) is 19.8 Å². The summed E-state index contributed by atoms with van der Waals surface area (Å²) >= 11 is 0. The Kier molecular flexibility index (Phi) is 7.18. The van der Waals surface area contributed by atoms with Crippen LogP contribution in [0.1, 0.15) is 30.9 Å². The van der Waals surface area contributed by atoms with Gasteiger partial charge in [0.15, 0.2) is 12.6 Å². The van der Waals surface area contributed by atoms with Gasteiger partial charge in [-0.05, 0) is 11.5 Å². The fraction of sp³-hybridized carbons (Fsp3) is 0.467. The normalized spacial score (nSPS) is 10.7. The van der Waals surface area contributed by atoms with Crippen molar-refractivity contribution < 1.29 is 23.0 Å². The van der Waals surface area contributed by atoms with Crippen molar-refractivity contribution >= 4 is 5.76 Å². The summed E-state index contributed by atoms with van der Waals surface area (Å²) in [4.78, 5) is 0. The maximum absolute atomic E-state index is 13.1. The van der Waals surface area contributed by atoms with E-state index in [1.165, 1.54) is 7.11 Å². The van der Waals surface area contributed by atoms with Crippen LogP contribution in [0.3, 0.4) is 0 Å². The Morgan fingerprint density at radius 2 is 1.85 bits per heavy atom. The van der Waals surface area contributed by atoms with Crippen LogP contribution in [0.4, 0.5) is 8.78 Å². The fourth-order valence-electron chi connectivity index (χ4n) is 1.74. The van der Waals surface area contributed by atoms with Gasteiger partial charge in [-0.25, -0.2) is 0 Å². The van der Waals surface area contributed by atoms with Gasteiger partial charge in [-0.3, -0.25) is 0 Å². The van der Waals surface area contributed by atoms with Crippen LogP contribution >= 0.6 is 0 Å². The standard InChI is InChI=1S/C15H20F2O3/c1-11(2)12-6-4-5-7-13(12)14(15(16)17)20-10-19-9-8-18-3/h4-7,11H,8-10H2,1-3H3. The average molecular weight is 286 g/mol. The molecule has 0 bridgehead atoms. The quantitative estimate of drug-likeness (QED) is 0.410. The number of ether oxygens (including phenoxy) is 3. The maximum Gasteiger partial charge on any atom is 0.312 e. The van der Waals surface area contributed by atoms with Gasteiger partial charge in [-0.1, -0.05) is 38.1 Å². The summed E-state index contributed by atoms with van der Waals surface area (Å²) in [6.07, 6.45) is -1.85. The topological polar surface area (TPSA) is 27.7 Å². The van der Waals surface area contributed by atoms with E-state index < -0.39 is 11.8 Å². The highest BCUT2D eigenvalue weighted by molar-refractivity contribution is 5.64. The van der Waals surface area contributed by atoms with Gasteiger partial charge >= 0.3 is 6.08 Å². The summed E-state index contributed by atoms with van der Waals surface area (Å²) in [7, 11) is 1.54. The molecule has 0 aromatic heterocycles. The van der Waals surface area contributed by atoms with Crippen molar-refractivity contribution in [2.75, 3.05) is 27.1 Å². The van der Waals surface area contributed by atoms with E-state index in [-0.39, 0.29) is 12.7 Å². The molecule has 20 heavy (non-hydrogen) atoms. The summed E-state index contributed by atoms with van der Waals surface area (Å²) in [5.41, 5.74) is 1.21. The van der Waals surface area contributed by atoms with Gasteiger partial charge in [0.2, 0.25) is 0 Å². The van der Waals surface area contributed by atoms with Gasteiger partial charge in [0, 0.05) is 12.7 Å². The Hall–Kier alpha value is -1.46. The molecule has 0 aliphatic carbocycles. The van der Waals surface area contributed by atoms with Crippen molar-refractivity contribution in [3.63, 3.8) is 0 Å². The third-order valence-corrected chi connectivity index (χ3v) is 2.72. The number of halogens is 2. The first-order chi connectivity index (χ1) is 9.57. The van der Waals surface area contributed by atoms with Gasteiger partial charge < -0.3 is 14.2 Å². The zero-order chi connectivity index (χ0) is 15.0. The van der Waals surface area contributed by atoms with Crippen LogP contribution in [-0.4, -0.2) is 27.1 Å². The van der Waals surface area contributed by atoms with Gasteiger partial charge in [0.05, 0.1) is 13.2 Å². The fourth-order valence-corrected chi connectivity index (χ4v) is 1.74. The third-order valence-electron chi connectivity index (χ3n) is 2.72. The molecule has 0 fully saturated rings. The van der Waals surface area contributed by atoms with Gasteiger partial charge in [-0.15, -0.1) is 0 Å². The van der Waals surface area contributed by atoms with Crippen molar-refractivity contribution in [3.8, 4) is 0 Å². The Balaban J connectivity index is 2.80. The van der Waals surface area contributed by atoms with Crippen LogP contribution in [-0.2, 0) is 14.2 Å². The lowest BCUT2D eigenvalue weighted by molar-refractivity contribution is -0.0237. The molecular weight excluding hydrogens is 266 g/mol. The summed E-state index contributed by atoms with van der Waals surface area (Å²) in [6.45, 7) is 4.35. The molecule has 0 aliphatic heterocycles. The van der Waals surface area contributed by atoms with E-state index in [2.05, 4.69) is 0 Å². The predicted octanol–water partition coefficient (Wildman–Crippen LogP) is 4.01. The van der Waals surface area contributed by atoms with E-state index in [9.17, 15) is 8.78 Å². The van der Waals surface area contributed by atoms with E-state index in [1.54, 1.807) is 12.1 Å². The molecule has 0 radical (unpaired) electrons. The number of rotatable bonds is 8. The highest BCUT2D eigenvalue weighted by atomic mass is 19.3. The zero-order valence-corrected chi connectivity index (χ0v) is 12.0. The summed E-state index contributed by atoms with van der Waals surface area (Å²) in [5.74, 6) is -0.301. The number of methoxy groups -OCH3 is 1. The van der Waals surface area contributed by atoms with Crippen molar-refractivity contribution in [3.05, 3.63) is 41.5 Å². The molecule has 0 heterocycles. The van der Waals surface area contributed by atoms with E-state index in [0.717, 1.165) is 5.56 Å². The van der Waals surface area contributed by atoms with Gasteiger partial charge in [0.25, 0.3) is 0 Å². The van der Waals surface area contributed by atoms with Crippen molar-refractivity contribution in [1.82, 2.24) is 0 Å². The average Bonchev–Trinajstić information content (AvgIpc) is 2.42. The first-order valence-electron chi connectivity index (χ1n) is 6.42. The molecule has 0 unspecified atom stereocenters. The SMILES string of the molecule is COCCOCOC(=C(F)F)c1ccccc1C(C)C. The molecule has 112 valence electrons. The van der Waals surface area contributed by atoms with E-state index >= 15 is 0 Å². The predicted molar refractivity (Wildman–Crippen MR) is 73.4 cm³/mol. The molecular formula is C15H20F2O3. The lowest BCUT2D eigenvalue weighted by Crippen LogP contribution is -2.07. The first kappa shape index (κ1) is 16.6.